The molecule has 1 aromatic carbocycles. The van der Waals surface area contributed by atoms with Crippen LogP contribution in [0.25, 0.3) is 23.2 Å². The monoisotopic (exact) mass is 614 g/mol. The maximum Gasteiger partial charge on any atom is 0.421 e. The Kier molecular flexibility index (Phi) is 8.50. The Morgan fingerprint density at radius 3 is 2.43 bits per heavy atom. The number of hydrogen-bond acceptors (Lipinski definition) is 8. The zero-order valence-electron chi connectivity index (χ0n) is 24.7. The fraction of sp³-hybridized carbons (Fsp3) is 0.452. The Hall–Kier alpha value is -4.29. The van der Waals surface area contributed by atoms with E-state index in [0.717, 1.165) is 18.6 Å². The van der Waals surface area contributed by atoms with E-state index in [1.54, 1.807) is 36.6 Å². The maximum absolute atomic E-state index is 15.7. The lowest BCUT2D eigenvalue weighted by Crippen LogP contribution is -2.51. The van der Waals surface area contributed by atoms with Crippen molar-refractivity contribution in [3.05, 3.63) is 59.8 Å². The lowest BCUT2D eigenvalue weighted by Gasteiger charge is -2.49. The Morgan fingerprint density at radius 2 is 1.77 bits per heavy atom. The van der Waals surface area contributed by atoms with Crippen molar-refractivity contribution in [1.29, 1.82) is 0 Å². The summed E-state index contributed by atoms with van der Waals surface area (Å²) >= 11 is 0. The average Bonchev–Trinajstić information content (AvgIpc) is 2.97. The molecule has 0 bridgehead atoms. The quantitative estimate of drug-likeness (QED) is 0.322. The molecule has 9 nitrogen and oxygen atoms in total. The molecule has 1 spiro atoms. The molecule has 13 heteroatoms. The summed E-state index contributed by atoms with van der Waals surface area (Å²) in [5, 5.41) is 17.9. The number of aromatic hydroxyl groups is 1. The second kappa shape index (κ2) is 12.0. The molecule has 2 aromatic heterocycles. The van der Waals surface area contributed by atoms with Crippen molar-refractivity contribution in [2.75, 3.05) is 31.1 Å². The summed E-state index contributed by atoms with van der Waals surface area (Å²) in [6, 6.07) is 3.82. The number of ether oxygens (including phenoxy) is 1. The van der Waals surface area contributed by atoms with Crippen LogP contribution in [-0.4, -0.2) is 68.0 Å². The van der Waals surface area contributed by atoms with Gasteiger partial charge in [-0.15, -0.1) is 0 Å². The van der Waals surface area contributed by atoms with Gasteiger partial charge < -0.3 is 19.6 Å². The first-order chi connectivity index (χ1) is 20.7. The summed E-state index contributed by atoms with van der Waals surface area (Å²) in [6.45, 7) is 6.75. The molecule has 0 saturated carbocycles. The third-order valence-electron chi connectivity index (χ3n) is 7.97. The Bertz CT molecular complexity index is 1530. The molecular formula is C31H34F4N6O3. The van der Waals surface area contributed by atoms with Gasteiger partial charge in [0.25, 0.3) is 0 Å². The van der Waals surface area contributed by atoms with Gasteiger partial charge in [0.05, 0.1) is 36.2 Å². The molecule has 2 aliphatic rings. The molecular weight excluding hydrogens is 580 g/mol. The lowest BCUT2D eigenvalue weighted by atomic mass is 9.72. The van der Waals surface area contributed by atoms with E-state index in [2.05, 4.69) is 20.2 Å². The zero-order chi connectivity index (χ0) is 31.7. The molecule has 0 atom stereocenters. The van der Waals surface area contributed by atoms with E-state index < -0.39 is 35.0 Å². The van der Waals surface area contributed by atoms with Crippen LogP contribution >= 0.6 is 0 Å². The first kappa shape index (κ1) is 31.1. The van der Waals surface area contributed by atoms with Crippen LogP contribution in [0.2, 0.25) is 0 Å². The van der Waals surface area contributed by atoms with Crippen LogP contribution in [0, 0.1) is 5.41 Å². The first-order valence-electron chi connectivity index (χ1n) is 14.4. The summed E-state index contributed by atoms with van der Waals surface area (Å²) in [6.07, 6.45) is 3.69. The minimum atomic E-state index is -4.90. The van der Waals surface area contributed by atoms with Crippen molar-refractivity contribution >= 4 is 23.7 Å². The number of carbonyl (C=O) groups excluding carboxylic acids is 1. The van der Waals surface area contributed by atoms with E-state index >= 15 is 4.39 Å². The molecule has 1 N–H and O–H groups in total. The minimum absolute atomic E-state index is 0.0475. The van der Waals surface area contributed by atoms with Crippen LogP contribution in [0.4, 0.5) is 28.0 Å². The Labute approximate surface area is 252 Å². The fourth-order valence-electron chi connectivity index (χ4n) is 5.90. The van der Waals surface area contributed by atoms with Crippen molar-refractivity contribution in [1.82, 2.24) is 25.1 Å². The van der Waals surface area contributed by atoms with Gasteiger partial charge in [0, 0.05) is 37.3 Å². The van der Waals surface area contributed by atoms with Gasteiger partial charge in [-0.05, 0) is 76.1 Å². The van der Waals surface area contributed by atoms with Crippen molar-refractivity contribution in [2.45, 2.75) is 58.2 Å². The fourth-order valence-corrected chi connectivity index (χ4v) is 5.90. The number of nitrogens with zero attached hydrogens (tertiary/aromatic N) is 6. The lowest BCUT2D eigenvalue weighted by molar-refractivity contribution is -0.138. The summed E-state index contributed by atoms with van der Waals surface area (Å²) in [4.78, 5) is 24.2. The highest BCUT2D eigenvalue weighted by atomic mass is 19.4. The van der Waals surface area contributed by atoms with E-state index in [0.29, 0.717) is 43.6 Å². The van der Waals surface area contributed by atoms with Crippen LogP contribution < -0.4 is 4.90 Å². The standard InChI is InChI=1S/C31H34F4N6O3/c1-29(2,3)44-28(43)40-13-9-30(10-14-40)8-4-12-41(19-30)27-20(5-6-25(42)26(27)31(33,34)35)15-22(32)24-18-36-17-23(39-24)21-7-11-37-38-16-21/h5-7,11,15-18,42H,4,8-10,12-14,19H2,1-3H3/b22-15-. The average molecular weight is 615 g/mol. The number of halogens is 4. The molecule has 0 radical (unpaired) electrons. The molecule has 1 amide bonds. The number of phenols is 1. The Balaban J connectivity index is 1.47. The number of aromatic nitrogens is 4. The van der Waals surface area contributed by atoms with Gasteiger partial charge in [-0.25, -0.2) is 14.2 Å². The summed E-state index contributed by atoms with van der Waals surface area (Å²) in [7, 11) is 0. The SMILES string of the molecule is CC(C)(C)OC(=O)N1CCC2(CCCN(c3c(/C=C(\F)c4cncc(-c5ccnnc5)n4)ccc(O)c3C(F)(F)F)C2)CC1. The number of phenolic OH excluding ortho intramolecular Hbond substituents is 1. The highest BCUT2D eigenvalue weighted by Gasteiger charge is 2.44. The van der Waals surface area contributed by atoms with Gasteiger partial charge >= 0.3 is 12.3 Å². The highest BCUT2D eigenvalue weighted by molar-refractivity contribution is 5.84. The van der Waals surface area contributed by atoms with Gasteiger partial charge in [-0.3, -0.25) is 4.98 Å². The smallest absolute Gasteiger partial charge is 0.421 e. The molecule has 0 aliphatic carbocycles. The zero-order valence-corrected chi connectivity index (χ0v) is 24.7. The van der Waals surface area contributed by atoms with Crippen molar-refractivity contribution in [3.8, 4) is 17.0 Å². The number of piperidine rings is 2. The van der Waals surface area contributed by atoms with E-state index in [-0.39, 0.29) is 35.4 Å². The molecule has 234 valence electrons. The number of likely N-dealkylation sites (tertiary alicyclic amines) is 1. The Morgan fingerprint density at radius 1 is 1.02 bits per heavy atom. The molecule has 3 aromatic rings. The van der Waals surface area contributed by atoms with E-state index in [1.165, 1.54) is 30.9 Å². The third kappa shape index (κ3) is 6.92. The second-order valence-corrected chi connectivity index (χ2v) is 12.3. The number of carbonyl (C=O) groups is 1. The largest absolute Gasteiger partial charge is 0.507 e. The highest BCUT2D eigenvalue weighted by Crippen LogP contribution is 2.48. The number of alkyl halides is 3. The molecule has 0 unspecified atom stereocenters. The molecule has 5 rings (SSSR count). The summed E-state index contributed by atoms with van der Waals surface area (Å²) in [5.41, 5.74) is -1.86. The van der Waals surface area contributed by atoms with Crippen LogP contribution in [0.15, 0.2) is 43.0 Å². The predicted molar refractivity (Wildman–Crippen MR) is 156 cm³/mol. The predicted octanol–water partition coefficient (Wildman–Crippen LogP) is 6.74. The number of anilines is 1. The van der Waals surface area contributed by atoms with Gasteiger partial charge in [0.1, 0.15) is 22.6 Å². The number of hydrogen-bond donors (Lipinski definition) is 1. The van der Waals surface area contributed by atoms with Crippen LogP contribution in [0.1, 0.15) is 63.3 Å². The van der Waals surface area contributed by atoms with Crippen LogP contribution in [0.5, 0.6) is 5.75 Å². The van der Waals surface area contributed by atoms with Crippen molar-refractivity contribution < 1.29 is 32.2 Å². The number of rotatable bonds is 4. The van der Waals surface area contributed by atoms with E-state index in [1.807, 2.05) is 0 Å². The van der Waals surface area contributed by atoms with Crippen LogP contribution in [0.3, 0.4) is 0 Å². The molecule has 44 heavy (non-hydrogen) atoms. The summed E-state index contributed by atoms with van der Waals surface area (Å²) in [5.74, 6) is -1.82. The molecule has 2 aliphatic heterocycles. The van der Waals surface area contributed by atoms with Crippen LogP contribution in [-0.2, 0) is 10.9 Å². The third-order valence-corrected chi connectivity index (χ3v) is 7.97. The maximum atomic E-state index is 15.7. The van der Waals surface area contributed by atoms with Crippen molar-refractivity contribution in [2.24, 2.45) is 5.41 Å². The molecule has 4 heterocycles. The van der Waals surface area contributed by atoms with E-state index in [4.69, 9.17) is 4.74 Å². The normalized spacial score (nSPS) is 17.6. The summed E-state index contributed by atoms with van der Waals surface area (Å²) < 4.78 is 64.6. The van der Waals surface area contributed by atoms with E-state index in [9.17, 15) is 23.1 Å². The van der Waals surface area contributed by atoms with Gasteiger partial charge in [0.15, 0.2) is 5.83 Å². The topological polar surface area (TPSA) is 105 Å². The second-order valence-electron chi connectivity index (χ2n) is 12.3. The van der Waals surface area contributed by atoms with Gasteiger partial charge in [-0.2, -0.15) is 23.4 Å². The molecule has 2 fully saturated rings. The minimum Gasteiger partial charge on any atom is -0.507 e. The first-order valence-corrected chi connectivity index (χ1v) is 14.4. The number of amides is 1. The van der Waals surface area contributed by atoms with Gasteiger partial charge in [-0.1, -0.05) is 0 Å². The number of benzene rings is 1. The van der Waals surface area contributed by atoms with Gasteiger partial charge in [0.2, 0.25) is 0 Å². The van der Waals surface area contributed by atoms with Crippen molar-refractivity contribution in [3.63, 3.8) is 0 Å². The molecule has 2 saturated heterocycles.